The van der Waals surface area contributed by atoms with Crippen LogP contribution in [-0.2, 0) is 4.74 Å². The lowest BCUT2D eigenvalue weighted by molar-refractivity contribution is 0.0660. The van der Waals surface area contributed by atoms with E-state index in [-0.39, 0.29) is 5.92 Å². The fourth-order valence-corrected chi connectivity index (χ4v) is 4.58. The number of methoxy groups -OCH3 is 1. The zero-order chi connectivity index (χ0) is 21.2. The summed E-state index contributed by atoms with van der Waals surface area (Å²) in [4.78, 5) is 5.52. The fraction of sp³-hybridized carbons (Fsp3) is 0.320. The number of nitrogens with one attached hydrogen (secondary N) is 3. The number of aromatic nitrogens is 1. The van der Waals surface area contributed by atoms with Crippen LogP contribution in [0.2, 0.25) is 0 Å². The van der Waals surface area contributed by atoms with Gasteiger partial charge in [0, 0.05) is 48.4 Å². The van der Waals surface area contributed by atoms with Crippen LogP contribution in [0, 0.1) is 11.3 Å². The second-order valence-corrected chi connectivity index (χ2v) is 8.09. The topological polar surface area (TPSA) is 73.4 Å². The molecule has 6 heteroatoms. The molecule has 5 rings (SSSR count). The highest BCUT2D eigenvalue weighted by Gasteiger charge is 2.26. The van der Waals surface area contributed by atoms with Gasteiger partial charge in [0.05, 0.1) is 20.3 Å². The third-order valence-electron chi connectivity index (χ3n) is 6.29. The highest BCUT2D eigenvalue weighted by atomic mass is 16.5. The highest BCUT2D eigenvalue weighted by molar-refractivity contribution is 5.88. The molecule has 0 radical (unpaired) electrons. The van der Waals surface area contributed by atoms with Gasteiger partial charge in [-0.3, -0.25) is 5.41 Å². The molecule has 0 amide bonds. The number of amidine groups is 1. The number of allylic oxidation sites excluding steroid dienone is 2. The van der Waals surface area contributed by atoms with Crippen molar-refractivity contribution >= 4 is 17.7 Å². The Bertz CT molecular complexity index is 1070. The van der Waals surface area contributed by atoms with E-state index in [0.29, 0.717) is 19.0 Å². The van der Waals surface area contributed by atoms with Gasteiger partial charge >= 0.3 is 0 Å². The van der Waals surface area contributed by atoms with E-state index in [9.17, 15) is 0 Å². The lowest BCUT2D eigenvalue weighted by Gasteiger charge is -2.33. The molecular formula is C25H28N4O2. The zero-order valence-corrected chi connectivity index (χ0v) is 17.8. The molecule has 0 spiro atoms. The minimum Gasteiger partial charge on any atom is -0.496 e. The van der Waals surface area contributed by atoms with E-state index >= 15 is 0 Å². The van der Waals surface area contributed by atoms with Crippen molar-refractivity contribution in [3.8, 4) is 16.9 Å². The molecule has 1 aromatic carbocycles. The number of aromatic amines is 1. The fourth-order valence-electron chi connectivity index (χ4n) is 4.58. The molecule has 2 aromatic rings. The smallest absolute Gasteiger partial charge is 0.126 e. The second-order valence-electron chi connectivity index (χ2n) is 8.09. The van der Waals surface area contributed by atoms with Gasteiger partial charge in [0.15, 0.2) is 0 Å². The summed E-state index contributed by atoms with van der Waals surface area (Å²) in [6.07, 6.45) is 11.6. The first-order valence-electron chi connectivity index (χ1n) is 10.8. The van der Waals surface area contributed by atoms with E-state index < -0.39 is 0 Å². The van der Waals surface area contributed by atoms with Crippen LogP contribution < -0.4 is 10.1 Å². The van der Waals surface area contributed by atoms with Gasteiger partial charge in [-0.25, -0.2) is 0 Å². The van der Waals surface area contributed by atoms with Crippen molar-refractivity contribution in [2.24, 2.45) is 5.92 Å². The minimum atomic E-state index is 0.111. The zero-order valence-electron chi connectivity index (χ0n) is 17.8. The van der Waals surface area contributed by atoms with E-state index in [2.05, 4.69) is 45.6 Å². The number of benzene rings is 1. The predicted molar refractivity (Wildman–Crippen MR) is 125 cm³/mol. The van der Waals surface area contributed by atoms with Gasteiger partial charge in [-0.05, 0) is 29.7 Å². The Labute approximate surface area is 182 Å². The van der Waals surface area contributed by atoms with Crippen molar-refractivity contribution in [3.05, 3.63) is 65.4 Å². The molecule has 1 fully saturated rings. The van der Waals surface area contributed by atoms with Crippen LogP contribution in [0.5, 0.6) is 5.75 Å². The van der Waals surface area contributed by atoms with Gasteiger partial charge in [0.25, 0.3) is 0 Å². The van der Waals surface area contributed by atoms with Crippen molar-refractivity contribution in [3.63, 3.8) is 0 Å². The summed E-state index contributed by atoms with van der Waals surface area (Å²) < 4.78 is 11.0. The lowest BCUT2D eigenvalue weighted by Crippen LogP contribution is -2.43. The normalized spacial score (nSPS) is 20.4. The summed E-state index contributed by atoms with van der Waals surface area (Å²) in [5, 5.41) is 12.2. The van der Waals surface area contributed by atoms with Gasteiger partial charge in [-0.15, -0.1) is 0 Å². The molecule has 160 valence electrons. The first kappa shape index (κ1) is 19.7. The number of nitrogens with zero attached hydrogens (tertiary/aromatic N) is 1. The van der Waals surface area contributed by atoms with E-state index in [4.69, 9.17) is 14.9 Å². The van der Waals surface area contributed by atoms with Crippen LogP contribution in [0.15, 0.2) is 59.8 Å². The Balaban J connectivity index is 1.40. The third-order valence-corrected chi connectivity index (χ3v) is 6.29. The van der Waals surface area contributed by atoms with Crippen molar-refractivity contribution < 1.29 is 9.47 Å². The number of hydrogen-bond donors (Lipinski definition) is 3. The average Bonchev–Trinajstić information content (AvgIpc) is 3.27. The second kappa shape index (κ2) is 8.47. The molecular weight excluding hydrogens is 388 g/mol. The maximum absolute atomic E-state index is 8.70. The molecule has 2 aliphatic heterocycles. The molecule has 1 aliphatic carbocycles. The Hall–Kier alpha value is -3.25. The number of anilines is 1. The van der Waals surface area contributed by atoms with E-state index in [1.165, 1.54) is 11.1 Å². The van der Waals surface area contributed by atoms with Crippen molar-refractivity contribution in [1.82, 2.24) is 9.88 Å². The van der Waals surface area contributed by atoms with Crippen LogP contribution in [0.1, 0.15) is 12.0 Å². The van der Waals surface area contributed by atoms with Gasteiger partial charge in [0.2, 0.25) is 0 Å². The van der Waals surface area contributed by atoms with Crippen molar-refractivity contribution in [2.45, 2.75) is 6.42 Å². The molecule has 3 N–H and O–H groups in total. The number of ether oxygens (including phenoxy) is 2. The maximum atomic E-state index is 8.70. The SMILES string of the molecule is COc1ccccc1-c1c[nH]c2c1C=C(C1=CC=CC(C(=N)N3CCOCC3)C1)CN2. The standard InChI is InChI=1S/C25H28N4O2/c1-30-23-8-3-2-7-20(23)22-16-28-25-21(22)14-19(15-27-25)17-5-4-6-18(13-17)24(26)29-9-11-31-12-10-29/h2-8,14,16,18,26-28H,9-13,15H2,1H3. The monoisotopic (exact) mass is 416 g/mol. The quantitative estimate of drug-likeness (QED) is 0.513. The Morgan fingerprint density at radius 3 is 2.84 bits per heavy atom. The average molecular weight is 417 g/mol. The predicted octanol–water partition coefficient (Wildman–Crippen LogP) is 4.31. The Kier molecular flexibility index (Phi) is 5.38. The van der Waals surface area contributed by atoms with Crippen LogP contribution in [0.4, 0.5) is 5.82 Å². The molecule has 6 nitrogen and oxygen atoms in total. The number of hydrogen-bond acceptors (Lipinski definition) is 4. The highest BCUT2D eigenvalue weighted by Crippen LogP contribution is 2.39. The molecule has 1 aromatic heterocycles. The maximum Gasteiger partial charge on any atom is 0.126 e. The van der Waals surface area contributed by atoms with Gasteiger partial charge in [-0.2, -0.15) is 0 Å². The van der Waals surface area contributed by atoms with Crippen LogP contribution >= 0.6 is 0 Å². The third kappa shape index (κ3) is 3.79. The number of morpholine rings is 1. The summed E-state index contributed by atoms with van der Waals surface area (Å²) >= 11 is 0. The Morgan fingerprint density at radius 1 is 1.16 bits per heavy atom. The van der Waals surface area contributed by atoms with E-state index in [0.717, 1.165) is 54.3 Å². The number of para-hydroxylation sites is 1. The van der Waals surface area contributed by atoms with Gasteiger partial charge in [-0.1, -0.05) is 36.4 Å². The summed E-state index contributed by atoms with van der Waals surface area (Å²) in [6.45, 7) is 3.80. The van der Waals surface area contributed by atoms with Gasteiger partial charge in [0.1, 0.15) is 17.4 Å². The van der Waals surface area contributed by atoms with Crippen LogP contribution in [0.25, 0.3) is 17.2 Å². The summed E-state index contributed by atoms with van der Waals surface area (Å²) in [5.74, 6) is 2.71. The number of fused-ring (bicyclic) bond motifs is 1. The summed E-state index contributed by atoms with van der Waals surface area (Å²) in [7, 11) is 1.71. The molecule has 1 atom stereocenters. The molecule has 1 unspecified atom stereocenters. The molecule has 1 saturated heterocycles. The van der Waals surface area contributed by atoms with Gasteiger partial charge < -0.3 is 24.7 Å². The van der Waals surface area contributed by atoms with Crippen LogP contribution in [0.3, 0.4) is 0 Å². The largest absolute Gasteiger partial charge is 0.496 e. The number of H-pyrrole nitrogens is 1. The van der Waals surface area contributed by atoms with E-state index in [1.54, 1.807) is 7.11 Å². The molecule has 3 heterocycles. The molecule has 0 saturated carbocycles. The molecule has 31 heavy (non-hydrogen) atoms. The molecule has 0 bridgehead atoms. The molecule has 3 aliphatic rings. The number of rotatable bonds is 4. The Morgan fingerprint density at radius 2 is 2.00 bits per heavy atom. The van der Waals surface area contributed by atoms with Crippen LogP contribution in [-0.4, -0.2) is 55.7 Å². The first-order valence-corrected chi connectivity index (χ1v) is 10.8. The summed E-state index contributed by atoms with van der Waals surface area (Å²) in [5.41, 5.74) is 5.91. The van der Waals surface area contributed by atoms with E-state index in [1.807, 2.05) is 24.4 Å². The van der Waals surface area contributed by atoms with Crippen molar-refractivity contribution in [1.29, 1.82) is 5.41 Å². The summed E-state index contributed by atoms with van der Waals surface area (Å²) in [6, 6.07) is 8.11. The van der Waals surface area contributed by atoms with Crippen molar-refractivity contribution in [2.75, 3.05) is 45.3 Å². The first-order chi connectivity index (χ1) is 15.2. The minimum absolute atomic E-state index is 0.111. The lowest BCUT2D eigenvalue weighted by atomic mass is 9.86.